The SMILES string of the molecule is CN(C)CC(C)(O)CNC(=O)C1CCOc2ccccc21. The first-order valence-corrected chi connectivity index (χ1v) is 7.25. The number of nitrogens with one attached hydrogen (secondary N) is 1. The van der Waals surface area contributed by atoms with Crippen LogP contribution in [0.25, 0.3) is 0 Å². The van der Waals surface area contributed by atoms with Gasteiger partial charge in [-0.25, -0.2) is 0 Å². The molecule has 1 aliphatic heterocycles. The maximum Gasteiger partial charge on any atom is 0.227 e. The Labute approximate surface area is 125 Å². The van der Waals surface area contributed by atoms with E-state index in [1.54, 1.807) is 6.92 Å². The normalized spacial score (nSPS) is 20.3. The lowest BCUT2D eigenvalue weighted by molar-refractivity contribution is -0.124. The van der Waals surface area contributed by atoms with Crippen molar-refractivity contribution < 1.29 is 14.6 Å². The van der Waals surface area contributed by atoms with Gasteiger partial charge in [0.1, 0.15) is 5.75 Å². The molecule has 1 aliphatic rings. The molecule has 2 atom stereocenters. The number of aliphatic hydroxyl groups is 1. The zero-order valence-corrected chi connectivity index (χ0v) is 12.9. The summed E-state index contributed by atoms with van der Waals surface area (Å²) in [6.45, 7) is 3.01. The second-order valence-electron chi connectivity index (χ2n) is 6.18. The molecular formula is C16H24N2O3. The number of ether oxygens (including phenoxy) is 1. The quantitative estimate of drug-likeness (QED) is 0.849. The summed E-state index contributed by atoms with van der Waals surface area (Å²) in [6.07, 6.45) is 0.665. The van der Waals surface area contributed by atoms with Crippen molar-refractivity contribution in [2.45, 2.75) is 24.9 Å². The van der Waals surface area contributed by atoms with E-state index in [-0.39, 0.29) is 18.4 Å². The third-order valence-electron chi connectivity index (χ3n) is 3.58. The van der Waals surface area contributed by atoms with Crippen LogP contribution in [0.5, 0.6) is 5.75 Å². The van der Waals surface area contributed by atoms with E-state index in [9.17, 15) is 9.90 Å². The topological polar surface area (TPSA) is 61.8 Å². The van der Waals surface area contributed by atoms with Gasteiger partial charge in [0.15, 0.2) is 0 Å². The van der Waals surface area contributed by atoms with Crippen molar-refractivity contribution in [3.63, 3.8) is 0 Å². The van der Waals surface area contributed by atoms with Crippen molar-refractivity contribution in [1.82, 2.24) is 10.2 Å². The molecule has 1 amide bonds. The first-order valence-electron chi connectivity index (χ1n) is 7.25. The molecular weight excluding hydrogens is 268 g/mol. The predicted molar refractivity (Wildman–Crippen MR) is 81.5 cm³/mol. The van der Waals surface area contributed by atoms with E-state index in [0.29, 0.717) is 19.6 Å². The number of hydrogen-bond donors (Lipinski definition) is 2. The lowest BCUT2D eigenvalue weighted by Gasteiger charge is -2.29. The van der Waals surface area contributed by atoms with Crippen molar-refractivity contribution in [1.29, 1.82) is 0 Å². The van der Waals surface area contributed by atoms with E-state index in [1.807, 2.05) is 43.3 Å². The highest BCUT2D eigenvalue weighted by atomic mass is 16.5. The maximum atomic E-state index is 12.4. The number of para-hydroxylation sites is 1. The van der Waals surface area contributed by atoms with Crippen molar-refractivity contribution in [2.75, 3.05) is 33.8 Å². The minimum absolute atomic E-state index is 0.0511. The van der Waals surface area contributed by atoms with Gasteiger partial charge in [-0.05, 0) is 33.5 Å². The minimum Gasteiger partial charge on any atom is -0.493 e. The molecule has 0 aliphatic carbocycles. The molecule has 1 aromatic rings. The molecule has 0 saturated carbocycles. The summed E-state index contributed by atoms with van der Waals surface area (Å²) in [5.41, 5.74) is -0.0161. The van der Waals surface area contributed by atoms with Crippen LogP contribution in [0, 0.1) is 0 Å². The van der Waals surface area contributed by atoms with Gasteiger partial charge in [0.05, 0.1) is 18.1 Å². The molecule has 0 aromatic heterocycles. The zero-order chi connectivity index (χ0) is 15.5. The third kappa shape index (κ3) is 4.19. The van der Waals surface area contributed by atoms with E-state index < -0.39 is 5.60 Å². The Kier molecular flexibility index (Phi) is 4.85. The number of amides is 1. The average molecular weight is 292 g/mol. The highest BCUT2D eigenvalue weighted by Crippen LogP contribution is 2.33. The van der Waals surface area contributed by atoms with E-state index in [2.05, 4.69) is 5.32 Å². The Balaban J connectivity index is 1.99. The summed E-state index contributed by atoms with van der Waals surface area (Å²) in [5.74, 6) is 0.527. The fourth-order valence-corrected chi connectivity index (χ4v) is 2.75. The molecule has 0 radical (unpaired) electrons. The van der Waals surface area contributed by atoms with Gasteiger partial charge in [-0.15, -0.1) is 0 Å². The van der Waals surface area contributed by atoms with E-state index in [0.717, 1.165) is 11.3 Å². The van der Waals surface area contributed by atoms with Crippen molar-refractivity contribution >= 4 is 5.91 Å². The van der Waals surface area contributed by atoms with Crippen molar-refractivity contribution in [3.05, 3.63) is 29.8 Å². The summed E-state index contributed by atoms with van der Waals surface area (Å²) in [6, 6.07) is 7.63. The number of carbonyl (C=O) groups excluding carboxylic acids is 1. The first kappa shape index (κ1) is 15.8. The maximum absolute atomic E-state index is 12.4. The Morgan fingerprint density at radius 1 is 1.48 bits per heavy atom. The summed E-state index contributed by atoms with van der Waals surface area (Å²) < 4.78 is 5.57. The van der Waals surface area contributed by atoms with Crippen molar-refractivity contribution in [2.24, 2.45) is 0 Å². The Hall–Kier alpha value is -1.59. The number of carbonyl (C=O) groups is 1. The molecule has 116 valence electrons. The average Bonchev–Trinajstić information content (AvgIpc) is 2.43. The molecule has 0 spiro atoms. The van der Waals surface area contributed by atoms with Crippen LogP contribution < -0.4 is 10.1 Å². The van der Waals surface area contributed by atoms with Gasteiger partial charge < -0.3 is 20.1 Å². The second kappa shape index (κ2) is 6.45. The third-order valence-corrected chi connectivity index (χ3v) is 3.58. The Morgan fingerprint density at radius 2 is 2.19 bits per heavy atom. The summed E-state index contributed by atoms with van der Waals surface area (Å²) in [4.78, 5) is 14.3. The van der Waals surface area contributed by atoms with Gasteiger partial charge in [-0.1, -0.05) is 18.2 Å². The van der Waals surface area contributed by atoms with Crippen LogP contribution in [0.4, 0.5) is 0 Å². The van der Waals surface area contributed by atoms with Gasteiger partial charge in [0.25, 0.3) is 0 Å². The molecule has 5 heteroatoms. The van der Waals surface area contributed by atoms with E-state index in [4.69, 9.17) is 4.74 Å². The lowest BCUT2D eigenvalue weighted by atomic mass is 9.92. The highest BCUT2D eigenvalue weighted by Gasteiger charge is 2.29. The Bertz CT molecular complexity index is 500. The monoisotopic (exact) mass is 292 g/mol. The number of benzene rings is 1. The van der Waals surface area contributed by atoms with Crippen LogP contribution in [0.15, 0.2) is 24.3 Å². The van der Waals surface area contributed by atoms with Crippen LogP contribution >= 0.6 is 0 Å². The highest BCUT2D eigenvalue weighted by molar-refractivity contribution is 5.84. The van der Waals surface area contributed by atoms with Gasteiger partial charge in [-0.2, -0.15) is 0 Å². The van der Waals surface area contributed by atoms with Gasteiger partial charge in [-0.3, -0.25) is 4.79 Å². The molecule has 21 heavy (non-hydrogen) atoms. The van der Waals surface area contributed by atoms with Crippen LogP contribution in [0.2, 0.25) is 0 Å². The minimum atomic E-state index is -0.941. The fraction of sp³-hybridized carbons (Fsp3) is 0.562. The fourth-order valence-electron chi connectivity index (χ4n) is 2.75. The van der Waals surface area contributed by atoms with Crippen LogP contribution in [-0.4, -0.2) is 55.3 Å². The molecule has 0 fully saturated rings. The summed E-state index contributed by atoms with van der Waals surface area (Å²) in [5, 5.41) is 13.1. The molecule has 2 unspecified atom stereocenters. The van der Waals surface area contributed by atoms with Crippen LogP contribution in [-0.2, 0) is 4.79 Å². The molecule has 2 rings (SSSR count). The zero-order valence-electron chi connectivity index (χ0n) is 12.9. The summed E-state index contributed by atoms with van der Waals surface area (Å²) >= 11 is 0. The number of fused-ring (bicyclic) bond motifs is 1. The largest absolute Gasteiger partial charge is 0.493 e. The van der Waals surface area contributed by atoms with Gasteiger partial charge in [0.2, 0.25) is 5.91 Å². The van der Waals surface area contributed by atoms with Crippen LogP contribution in [0.1, 0.15) is 24.8 Å². The predicted octanol–water partition coefficient (Wildman–Crippen LogP) is 0.981. The van der Waals surface area contributed by atoms with Crippen molar-refractivity contribution in [3.8, 4) is 5.75 Å². The second-order valence-corrected chi connectivity index (χ2v) is 6.18. The molecule has 5 nitrogen and oxygen atoms in total. The molecule has 1 aromatic carbocycles. The first-order chi connectivity index (χ1) is 9.89. The van der Waals surface area contributed by atoms with Gasteiger partial charge >= 0.3 is 0 Å². The van der Waals surface area contributed by atoms with E-state index >= 15 is 0 Å². The number of likely N-dealkylation sites (N-methyl/N-ethyl adjacent to an activating group) is 1. The number of rotatable bonds is 5. The summed E-state index contributed by atoms with van der Waals surface area (Å²) in [7, 11) is 3.79. The van der Waals surface area contributed by atoms with Crippen LogP contribution in [0.3, 0.4) is 0 Å². The molecule has 2 N–H and O–H groups in total. The molecule has 1 heterocycles. The standard InChI is InChI=1S/C16H24N2O3/c1-16(20,11-18(2)3)10-17-15(19)13-8-9-21-14-7-5-4-6-12(13)14/h4-7,13,20H,8-11H2,1-3H3,(H,17,19). The number of hydrogen-bond acceptors (Lipinski definition) is 4. The lowest BCUT2D eigenvalue weighted by Crippen LogP contribution is -2.48. The van der Waals surface area contributed by atoms with Gasteiger partial charge in [0, 0.05) is 18.7 Å². The van der Waals surface area contributed by atoms with E-state index in [1.165, 1.54) is 0 Å². The molecule has 0 bridgehead atoms. The number of nitrogens with zero attached hydrogens (tertiary/aromatic N) is 1. The molecule has 0 saturated heterocycles. The Morgan fingerprint density at radius 3 is 2.90 bits per heavy atom. The smallest absolute Gasteiger partial charge is 0.227 e.